The predicted octanol–water partition coefficient (Wildman–Crippen LogP) is 4.49. The van der Waals surface area contributed by atoms with Crippen molar-refractivity contribution in [3.05, 3.63) is 70.5 Å². The summed E-state index contributed by atoms with van der Waals surface area (Å²) in [7, 11) is 0. The number of aliphatic hydroxyl groups is 1. The highest BCUT2D eigenvalue weighted by Crippen LogP contribution is 2.38. The van der Waals surface area contributed by atoms with E-state index in [2.05, 4.69) is 0 Å². The topological polar surface area (TPSA) is 20.2 Å². The standard InChI is InChI=1S/C16H16ClFO/c1-16(2,11-6-4-3-5-7-11)15(19)13-9-8-12(17)10-14(13)18/h3-10,15,19H,1-2H3. The van der Waals surface area contributed by atoms with Crippen LogP contribution in [0.1, 0.15) is 31.1 Å². The van der Waals surface area contributed by atoms with Crippen LogP contribution in [-0.2, 0) is 5.41 Å². The Kier molecular flexibility index (Phi) is 3.93. The minimum atomic E-state index is -0.938. The molecule has 0 heterocycles. The van der Waals surface area contributed by atoms with Gasteiger partial charge in [0, 0.05) is 16.0 Å². The van der Waals surface area contributed by atoms with Gasteiger partial charge < -0.3 is 5.11 Å². The van der Waals surface area contributed by atoms with Gasteiger partial charge in [-0.05, 0) is 17.7 Å². The summed E-state index contributed by atoms with van der Waals surface area (Å²) in [5, 5.41) is 10.8. The molecular weight excluding hydrogens is 263 g/mol. The first-order valence-electron chi connectivity index (χ1n) is 6.11. The summed E-state index contributed by atoms with van der Waals surface area (Å²) in [5.41, 5.74) is 0.630. The van der Waals surface area contributed by atoms with Gasteiger partial charge in [-0.25, -0.2) is 4.39 Å². The van der Waals surface area contributed by atoms with Crippen LogP contribution in [0.15, 0.2) is 48.5 Å². The SMILES string of the molecule is CC(C)(c1ccccc1)C(O)c1ccc(Cl)cc1F. The molecule has 1 N–H and O–H groups in total. The Labute approximate surface area is 117 Å². The molecule has 2 aromatic rings. The first-order chi connectivity index (χ1) is 8.93. The van der Waals surface area contributed by atoms with E-state index in [0.29, 0.717) is 5.02 Å². The Morgan fingerprint density at radius 2 is 1.74 bits per heavy atom. The van der Waals surface area contributed by atoms with Gasteiger partial charge in [0.1, 0.15) is 5.82 Å². The van der Waals surface area contributed by atoms with Crippen molar-refractivity contribution >= 4 is 11.6 Å². The molecule has 1 nitrogen and oxygen atoms in total. The van der Waals surface area contributed by atoms with Crippen LogP contribution < -0.4 is 0 Å². The van der Waals surface area contributed by atoms with Crippen molar-refractivity contribution in [3.8, 4) is 0 Å². The van der Waals surface area contributed by atoms with E-state index in [1.54, 1.807) is 6.07 Å². The maximum Gasteiger partial charge on any atom is 0.130 e. The summed E-state index contributed by atoms with van der Waals surface area (Å²) in [6.07, 6.45) is -0.938. The molecule has 0 aromatic heterocycles. The molecular formula is C16H16ClFO. The van der Waals surface area contributed by atoms with E-state index >= 15 is 0 Å². The van der Waals surface area contributed by atoms with Gasteiger partial charge in [0.15, 0.2) is 0 Å². The van der Waals surface area contributed by atoms with Crippen LogP contribution in [-0.4, -0.2) is 5.11 Å². The van der Waals surface area contributed by atoms with E-state index < -0.39 is 17.3 Å². The van der Waals surface area contributed by atoms with Crippen LogP contribution in [0.5, 0.6) is 0 Å². The van der Waals surface area contributed by atoms with Crippen molar-refractivity contribution < 1.29 is 9.50 Å². The molecule has 0 bridgehead atoms. The highest BCUT2D eigenvalue weighted by atomic mass is 35.5. The molecule has 100 valence electrons. The van der Waals surface area contributed by atoms with Crippen LogP contribution in [0.2, 0.25) is 5.02 Å². The fourth-order valence-electron chi connectivity index (χ4n) is 2.14. The van der Waals surface area contributed by atoms with Crippen molar-refractivity contribution in [2.45, 2.75) is 25.4 Å². The van der Waals surface area contributed by atoms with Crippen molar-refractivity contribution in [1.82, 2.24) is 0 Å². The fraction of sp³-hybridized carbons (Fsp3) is 0.250. The van der Waals surface area contributed by atoms with Gasteiger partial charge in [-0.1, -0.05) is 61.8 Å². The van der Waals surface area contributed by atoms with E-state index in [1.807, 2.05) is 44.2 Å². The lowest BCUT2D eigenvalue weighted by Crippen LogP contribution is -2.27. The predicted molar refractivity (Wildman–Crippen MR) is 75.8 cm³/mol. The second kappa shape index (κ2) is 5.32. The van der Waals surface area contributed by atoms with Gasteiger partial charge in [-0.15, -0.1) is 0 Å². The summed E-state index contributed by atoms with van der Waals surface area (Å²) < 4.78 is 13.9. The Balaban J connectivity index is 2.40. The van der Waals surface area contributed by atoms with Crippen molar-refractivity contribution in [3.63, 3.8) is 0 Å². The van der Waals surface area contributed by atoms with E-state index in [1.165, 1.54) is 12.1 Å². The van der Waals surface area contributed by atoms with E-state index in [9.17, 15) is 9.50 Å². The lowest BCUT2D eigenvalue weighted by atomic mass is 9.76. The van der Waals surface area contributed by atoms with Gasteiger partial charge in [0.05, 0.1) is 6.10 Å². The third-order valence-electron chi connectivity index (χ3n) is 3.46. The molecule has 3 heteroatoms. The summed E-state index contributed by atoms with van der Waals surface area (Å²) in [4.78, 5) is 0. The molecule has 2 aromatic carbocycles. The molecule has 1 atom stereocenters. The van der Waals surface area contributed by atoms with Gasteiger partial charge in [-0.2, -0.15) is 0 Å². The molecule has 0 aliphatic heterocycles. The molecule has 2 rings (SSSR count). The lowest BCUT2D eigenvalue weighted by molar-refractivity contribution is 0.0966. The Bertz CT molecular complexity index is 566. The molecule has 0 radical (unpaired) electrons. The maximum atomic E-state index is 13.9. The second-order valence-electron chi connectivity index (χ2n) is 5.16. The summed E-state index contributed by atoms with van der Waals surface area (Å²) in [5.74, 6) is -0.482. The van der Waals surface area contributed by atoms with Gasteiger partial charge >= 0.3 is 0 Å². The number of aliphatic hydroxyl groups excluding tert-OH is 1. The average molecular weight is 279 g/mol. The first-order valence-corrected chi connectivity index (χ1v) is 6.49. The fourth-order valence-corrected chi connectivity index (χ4v) is 2.30. The largest absolute Gasteiger partial charge is 0.387 e. The van der Waals surface area contributed by atoms with Crippen LogP contribution in [0, 0.1) is 5.82 Å². The quantitative estimate of drug-likeness (QED) is 0.877. The summed E-state index contributed by atoms with van der Waals surface area (Å²) >= 11 is 5.73. The zero-order valence-corrected chi connectivity index (χ0v) is 11.7. The molecule has 0 fully saturated rings. The van der Waals surface area contributed by atoms with Crippen LogP contribution in [0.3, 0.4) is 0 Å². The van der Waals surface area contributed by atoms with Gasteiger partial charge in [0.2, 0.25) is 0 Å². The maximum absolute atomic E-state index is 13.9. The van der Waals surface area contributed by atoms with Gasteiger partial charge in [-0.3, -0.25) is 0 Å². The smallest absolute Gasteiger partial charge is 0.130 e. The van der Waals surface area contributed by atoms with Crippen molar-refractivity contribution in [2.75, 3.05) is 0 Å². The molecule has 0 aliphatic carbocycles. The molecule has 0 aliphatic rings. The number of benzene rings is 2. The Hall–Kier alpha value is -1.38. The Morgan fingerprint density at radius 3 is 2.32 bits per heavy atom. The third kappa shape index (κ3) is 2.80. The van der Waals surface area contributed by atoms with Crippen molar-refractivity contribution in [1.29, 1.82) is 0 Å². The summed E-state index contributed by atoms with van der Waals surface area (Å²) in [6, 6.07) is 13.9. The minimum Gasteiger partial charge on any atom is -0.387 e. The average Bonchev–Trinajstić information content (AvgIpc) is 2.39. The van der Waals surface area contributed by atoms with E-state index in [0.717, 1.165) is 5.56 Å². The molecule has 0 spiro atoms. The Morgan fingerprint density at radius 1 is 1.11 bits per heavy atom. The number of rotatable bonds is 3. The monoisotopic (exact) mass is 278 g/mol. The van der Waals surface area contributed by atoms with E-state index in [-0.39, 0.29) is 5.56 Å². The number of hydrogen-bond acceptors (Lipinski definition) is 1. The van der Waals surface area contributed by atoms with Crippen LogP contribution in [0.25, 0.3) is 0 Å². The second-order valence-corrected chi connectivity index (χ2v) is 5.59. The zero-order valence-electron chi connectivity index (χ0n) is 10.9. The van der Waals surface area contributed by atoms with Crippen molar-refractivity contribution in [2.24, 2.45) is 0 Å². The lowest BCUT2D eigenvalue weighted by Gasteiger charge is -2.31. The highest BCUT2D eigenvalue weighted by molar-refractivity contribution is 6.30. The molecule has 19 heavy (non-hydrogen) atoms. The van der Waals surface area contributed by atoms with Gasteiger partial charge in [0.25, 0.3) is 0 Å². The third-order valence-corrected chi connectivity index (χ3v) is 3.69. The number of hydrogen-bond donors (Lipinski definition) is 1. The first kappa shape index (κ1) is 14.0. The van der Waals surface area contributed by atoms with Crippen LogP contribution >= 0.6 is 11.6 Å². The number of halogens is 2. The summed E-state index contributed by atoms with van der Waals surface area (Å²) in [6.45, 7) is 3.78. The zero-order chi connectivity index (χ0) is 14.0. The molecule has 0 saturated heterocycles. The molecule has 1 unspecified atom stereocenters. The highest BCUT2D eigenvalue weighted by Gasteiger charge is 2.32. The molecule has 0 amide bonds. The minimum absolute atomic E-state index is 0.262. The normalized spacial score (nSPS) is 13.3. The van der Waals surface area contributed by atoms with E-state index in [4.69, 9.17) is 11.6 Å². The molecule has 0 saturated carbocycles. The van der Waals surface area contributed by atoms with Crippen LogP contribution in [0.4, 0.5) is 4.39 Å².